The molecule has 1 amide bonds. The minimum atomic E-state index is -0.165. The lowest BCUT2D eigenvalue weighted by atomic mass is 10.1. The van der Waals surface area contributed by atoms with Crippen LogP contribution >= 0.6 is 22.7 Å². The first kappa shape index (κ1) is 18.6. The second kappa shape index (κ2) is 7.69. The molecule has 4 rings (SSSR count). The summed E-state index contributed by atoms with van der Waals surface area (Å²) in [7, 11) is 0. The first-order chi connectivity index (χ1) is 13.5. The molecule has 0 bridgehead atoms. The van der Waals surface area contributed by atoms with Crippen LogP contribution in [0.5, 0.6) is 0 Å². The number of nitrogens with one attached hydrogen (secondary N) is 1. The van der Waals surface area contributed by atoms with E-state index in [1.807, 2.05) is 48.2 Å². The predicted molar refractivity (Wildman–Crippen MR) is 114 cm³/mol. The molecule has 28 heavy (non-hydrogen) atoms. The first-order valence-corrected chi connectivity index (χ1v) is 10.7. The summed E-state index contributed by atoms with van der Waals surface area (Å²) >= 11 is 3.11. The van der Waals surface area contributed by atoms with E-state index in [1.54, 1.807) is 16.7 Å². The van der Waals surface area contributed by atoms with Crippen LogP contribution in [0.1, 0.15) is 33.0 Å². The Morgan fingerprint density at radius 2 is 1.93 bits per heavy atom. The molecule has 0 fully saturated rings. The Labute approximate surface area is 171 Å². The number of carbonyl (C=O) groups excluding carboxylic acids is 1. The fourth-order valence-corrected chi connectivity index (χ4v) is 4.73. The number of thiazole rings is 1. The second-order valence-corrected chi connectivity index (χ2v) is 8.35. The summed E-state index contributed by atoms with van der Waals surface area (Å²) in [6, 6.07) is 12.1. The topological polar surface area (TPSA) is 59.8 Å². The Kier molecular flexibility index (Phi) is 5.11. The van der Waals surface area contributed by atoms with Gasteiger partial charge in [0.05, 0.1) is 16.3 Å². The molecule has 1 aromatic carbocycles. The number of aromatic nitrogens is 3. The van der Waals surface area contributed by atoms with Crippen molar-refractivity contribution in [3.05, 3.63) is 75.4 Å². The molecular formula is C21H20N4OS2. The molecule has 7 heteroatoms. The summed E-state index contributed by atoms with van der Waals surface area (Å²) in [4.78, 5) is 18.1. The van der Waals surface area contributed by atoms with Crippen molar-refractivity contribution in [3.63, 3.8) is 0 Å². The third-order valence-electron chi connectivity index (χ3n) is 4.68. The number of hydrogen-bond acceptors (Lipinski definition) is 5. The van der Waals surface area contributed by atoms with Crippen LogP contribution in [-0.2, 0) is 6.54 Å². The first-order valence-electron chi connectivity index (χ1n) is 8.93. The largest absolute Gasteiger partial charge is 0.346 e. The lowest BCUT2D eigenvalue weighted by Gasteiger charge is -2.09. The van der Waals surface area contributed by atoms with Crippen molar-refractivity contribution in [2.24, 2.45) is 0 Å². The minimum Gasteiger partial charge on any atom is -0.346 e. The van der Waals surface area contributed by atoms with Gasteiger partial charge in [0.15, 0.2) is 0 Å². The highest BCUT2D eigenvalue weighted by Crippen LogP contribution is 2.28. The summed E-state index contributed by atoms with van der Waals surface area (Å²) in [5.41, 5.74) is 5.65. The van der Waals surface area contributed by atoms with Crippen LogP contribution in [0.3, 0.4) is 0 Å². The molecule has 142 valence electrons. The monoisotopic (exact) mass is 408 g/mol. The molecule has 0 aliphatic carbocycles. The van der Waals surface area contributed by atoms with Gasteiger partial charge in [0.2, 0.25) is 0 Å². The van der Waals surface area contributed by atoms with E-state index < -0.39 is 0 Å². The average molecular weight is 409 g/mol. The Hall–Kier alpha value is -2.77. The molecule has 0 aliphatic rings. The number of hydrogen-bond donors (Lipinski definition) is 1. The van der Waals surface area contributed by atoms with E-state index in [4.69, 9.17) is 0 Å². The number of nitrogens with zero attached hydrogens (tertiary/aromatic N) is 3. The normalized spacial score (nSPS) is 11.0. The molecular weight excluding hydrogens is 388 g/mol. The van der Waals surface area contributed by atoms with Crippen molar-refractivity contribution in [3.8, 4) is 15.6 Å². The minimum absolute atomic E-state index is 0.165. The zero-order valence-corrected chi connectivity index (χ0v) is 17.5. The molecule has 0 saturated carbocycles. The fourth-order valence-electron chi connectivity index (χ4n) is 3.12. The molecule has 0 spiro atoms. The molecule has 0 radical (unpaired) electrons. The molecule has 5 nitrogen and oxygen atoms in total. The molecule has 1 N–H and O–H groups in total. The standard InChI is InChI=1S/C21H20N4OS2/c1-13-7-4-5-8-18(13)25-15(3)16(14(2)24-25)11-22-20(26)17-12-28-21(23-17)19-9-6-10-27-19/h4-10,12H,11H2,1-3H3,(H,22,26). The third kappa shape index (κ3) is 3.50. The van der Waals surface area contributed by atoms with Crippen molar-refractivity contribution < 1.29 is 4.79 Å². The van der Waals surface area contributed by atoms with Gasteiger partial charge in [-0.25, -0.2) is 9.67 Å². The van der Waals surface area contributed by atoms with Crippen LogP contribution in [0.2, 0.25) is 0 Å². The third-order valence-corrected chi connectivity index (χ3v) is 6.56. The number of thiophene rings is 1. The molecule has 0 aliphatic heterocycles. The van der Waals surface area contributed by atoms with Crippen molar-refractivity contribution in [1.29, 1.82) is 0 Å². The maximum absolute atomic E-state index is 12.6. The van der Waals surface area contributed by atoms with Gasteiger partial charge in [-0.1, -0.05) is 24.3 Å². The Balaban J connectivity index is 1.51. The van der Waals surface area contributed by atoms with Crippen LogP contribution in [0.4, 0.5) is 0 Å². The smallest absolute Gasteiger partial charge is 0.271 e. The number of carbonyl (C=O) groups is 1. The highest BCUT2D eigenvalue weighted by molar-refractivity contribution is 7.20. The van der Waals surface area contributed by atoms with Crippen molar-refractivity contribution in [2.45, 2.75) is 27.3 Å². The SMILES string of the molecule is Cc1ccccc1-n1nc(C)c(CNC(=O)c2csc(-c3cccs3)n2)c1C. The van der Waals surface area contributed by atoms with E-state index in [2.05, 4.69) is 34.5 Å². The molecule has 4 aromatic rings. The lowest BCUT2D eigenvalue weighted by Crippen LogP contribution is -2.23. The average Bonchev–Trinajstić information content (AvgIpc) is 3.41. The van der Waals surface area contributed by atoms with E-state index in [0.717, 1.165) is 38.1 Å². The van der Waals surface area contributed by atoms with Gasteiger partial charge in [0, 0.05) is 23.2 Å². The van der Waals surface area contributed by atoms with E-state index in [0.29, 0.717) is 12.2 Å². The van der Waals surface area contributed by atoms with E-state index in [-0.39, 0.29) is 5.91 Å². The highest BCUT2D eigenvalue weighted by Gasteiger charge is 2.17. The summed E-state index contributed by atoms with van der Waals surface area (Å²) in [5.74, 6) is -0.165. The van der Waals surface area contributed by atoms with E-state index in [1.165, 1.54) is 11.3 Å². The zero-order valence-electron chi connectivity index (χ0n) is 15.9. The van der Waals surface area contributed by atoms with Crippen molar-refractivity contribution >= 4 is 28.6 Å². The summed E-state index contributed by atoms with van der Waals surface area (Å²) in [5, 5.41) is 12.4. The summed E-state index contributed by atoms with van der Waals surface area (Å²) < 4.78 is 1.95. The van der Waals surface area contributed by atoms with Crippen molar-refractivity contribution in [1.82, 2.24) is 20.1 Å². The summed E-state index contributed by atoms with van der Waals surface area (Å²) in [6.45, 7) is 6.50. The second-order valence-electron chi connectivity index (χ2n) is 6.55. The van der Waals surface area contributed by atoms with Crippen LogP contribution in [0, 0.1) is 20.8 Å². The van der Waals surface area contributed by atoms with Gasteiger partial charge in [0.25, 0.3) is 5.91 Å². The Bertz CT molecular complexity index is 1130. The number of amides is 1. The quantitative estimate of drug-likeness (QED) is 0.510. The fraction of sp³-hybridized carbons (Fsp3) is 0.190. The van der Waals surface area contributed by atoms with Gasteiger partial charge in [-0.3, -0.25) is 4.79 Å². The Morgan fingerprint density at radius 3 is 2.68 bits per heavy atom. The van der Waals surface area contributed by atoms with Crippen molar-refractivity contribution in [2.75, 3.05) is 0 Å². The maximum Gasteiger partial charge on any atom is 0.271 e. The van der Waals surface area contributed by atoms with E-state index >= 15 is 0 Å². The maximum atomic E-state index is 12.6. The predicted octanol–water partition coefficient (Wildman–Crippen LogP) is 4.91. The van der Waals surface area contributed by atoms with Crippen LogP contribution in [-0.4, -0.2) is 20.7 Å². The van der Waals surface area contributed by atoms with Gasteiger partial charge in [-0.15, -0.1) is 22.7 Å². The van der Waals surface area contributed by atoms with Gasteiger partial charge in [-0.05, 0) is 43.8 Å². The number of para-hydroxylation sites is 1. The van der Waals surface area contributed by atoms with Crippen LogP contribution in [0.15, 0.2) is 47.2 Å². The molecule has 3 aromatic heterocycles. The Morgan fingerprint density at radius 1 is 1.11 bits per heavy atom. The molecule has 0 atom stereocenters. The summed E-state index contributed by atoms with van der Waals surface area (Å²) in [6.07, 6.45) is 0. The van der Waals surface area contributed by atoms with Crippen LogP contribution < -0.4 is 5.32 Å². The number of aryl methyl sites for hydroxylation is 2. The van der Waals surface area contributed by atoms with Gasteiger partial charge < -0.3 is 5.32 Å². The zero-order chi connectivity index (χ0) is 19.7. The molecule has 3 heterocycles. The molecule has 0 unspecified atom stereocenters. The number of benzene rings is 1. The molecule has 0 saturated heterocycles. The van der Waals surface area contributed by atoms with Gasteiger partial charge in [0.1, 0.15) is 10.7 Å². The highest BCUT2D eigenvalue weighted by atomic mass is 32.1. The number of rotatable bonds is 5. The van der Waals surface area contributed by atoms with Gasteiger partial charge >= 0.3 is 0 Å². The van der Waals surface area contributed by atoms with E-state index in [9.17, 15) is 4.79 Å². The van der Waals surface area contributed by atoms with Crippen LogP contribution in [0.25, 0.3) is 15.6 Å². The van der Waals surface area contributed by atoms with Gasteiger partial charge in [-0.2, -0.15) is 5.10 Å². The lowest BCUT2D eigenvalue weighted by molar-refractivity contribution is 0.0946.